The fraction of sp³-hybridized carbons (Fsp3) is 0.273. The van der Waals surface area contributed by atoms with E-state index in [1.807, 2.05) is 0 Å². The third kappa shape index (κ3) is 3.14. The second-order valence-electron chi connectivity index (χ2n) is 2.96. The summed E-state index contributed by atoms with van der Waals surface area (Å²) >= 11 is 5.61. The predicted octanol–water partition coefficient (Wildman–Crippen LogP) is 2.22. The van der Waals surface area contributed by atoms with Crippen molar-refractivity contribution in [2.45, 2.75) is 12.8 Å². The molecule has 0 aromatic carbocycles. The van der Waals surface area contributed by atoms with E-state index in [9.17, 15) is 4.79 Å². The Balaban J connectivity index is 2.88. The molecule has 0 atom stereocenters. The van der Waals surface area contributed by atoms with Crippen molar-refractivity contribution in [2.75, 3.05) is 6.61 Å². The van der Waals surface area contributed by atoms with Gasteiger partial charge in [0, 0.05) is 11.4 Å². The summed E-state index contributed by atoms with van der Waals surface area (Å²) in [5.41, 5.74) is 1.44. The molecule has 0 saturated carbocycles. The van der Waals surface area contributed by atoms with Gasteiger partial charge < -0.3 is 9.72 Å². The van der Waals surface area contributed by atoms with Gasteiger partial charge in [0.05, 0.1) is 12.5 Å². The van der Waals surface area contributed by atoms with Crippen LogP contribution >= 0.6 is 11.6 Å². The Hall–Kier alpha value is -1.73. The number of esters is 1. The van der Waals surface area contributed by atoms with Crippen LogP contribution in [-0.4, -0.2) is 17.6 Å². The van der Waals surface area contributed by atoms with Crippen molar-refractivity contribution in [1.82, 2.24) is 4.98 Å². The standard InChI is InChI=1S/C11H11ClN2O2/c1-2-16-11(15)8(7-13)5-9-3-4-10(6-12)14-9/h3-5,14H,2,6H2,1H3. The SMILES string of the molecule is CCOC(=O)C(C#N)=Cc1ccc(CCl)[nH]1. The maximum atomic E-state index is 11.3. The molecule has 1 aromatic rings. The summed E-state index contributed by atoms with van der Waals surface area (Å²) in [6.07, 6.45) is 1.44. The van der Waals surface area contributed by atoms with Crippen LogP contribution in [0, 0.1) is 11.3 Å². The molecule has 0 aliphatic carbocycles. The second kappa shape index (κ2) is 5.99. The first-order valence-corrected chi connectivity index (χ1v) is 5.27. The van der Waals surface area contributed by atoms with Crippen LogP contribution in [0.2, 0.25) is 0 Å². The molecule has 0 bridgehead atoms. The number of aromatic nitrogens is 1. The lowest BCUT2D eigenvalue weighted by Gasteiger charge is -1.98. The first-order valence-electron chi connectivity index (χ1n) is 4.74. The average Bonchev–Trinajstić information content (AvgIpc) is 2.73. The number of nitrogens with one attached hydrogen (secondary N) is 1. The fourth-order valence-electron chi connectivity index (χ4n) is 1.12. The van der Waals surface area contributed by atoms with Crippen molar-refractivity contribution in [3.05, 3.63) is 29.1 Å². The Labute approximate surface area is 98.5 Å². The molecule has 4 nitrogen and oxygen atoms in total. The molecule has 1 aromatic heterocycles. The third-order valence-corrected chi connectivity index (χ3v) is 2.12. The Morgan fingerprint density at radius 3 is 2.94 bits per heavy atom. The van der Waals surface area contributed by atoms with E-state index in [1.54, 1.807) is 25.1 Å². The molecule has 0 unspecified atom stereocenters. The van der Waals surface area contributed by atoms with Gasteiger partial charge in [-0.25, -0.2) is 4.79 Å². The van der Waals surface area contributed by atoms with Crippen molar-refractivity contribution in [2.24, 2.45) is 0 Å². The number of alkyl halides is 1. The number of nitrogens with zero attached hydrogens (tertiary/aromatic N) is 1. The number of ether oxygens (including phenoxy) is 1. The highest BCUT2D eigenvalue weighted by Gasteiger charge is 2.09. The summed E-state index contributed by atoms with van der Waals surface area (Å²) in [6, 6.07) is 5.33. The molecule has 0 amide bonds. The molecule has 0 fully saturated rings. The zero-order chi connectivity index (χ0) is 12.0. The van der Waals surface area contributed by atoms with E-state index in [4.69, 9.17) is 21.6 Å². The normalized spacial score (nSPS) is 10.9. The summed E-state index contributed by atoms with van der Waals surface area (Å²) in [4.78, 5) is 14.3. The van der Waals surface area contributed by atoms with E-state index in [2.05, 4.69) is 4.98 Å². The third-order valence-electron chi connectivity index (χ3n) is 1.83. The van der Waals surface area contributed by atoms with Crippen LogP contribution in [0.15, 0.2) is 17.7 Å². The molecule has 16 heavy (non-hydrogen) atoms. The molecule has 84 valence electrons. The lowest BCUT2D eigenvalue weighted by molar-refractivity contribution is -0.137. The van der Waals surface area contributed by atoms with Gasteiger partial charge in [-0.3, -0.25) is 0 Å². The molecule has 1 N–H and O–H groups in total. The van der Waals surface area contributed by atoms with Crippen molar-refractivity contribution < 1.29 is 9.53 Å². The van der Waals surface area contributed by atoms with Gasteiger partial charge in [-0.2, -0.15) is 5.26 Å². The maximum absolute atomic E-state index is 11.3. The van der Waals surface area contributed by atoms with Gasteiger partial charge in [0.25, 0.3) is 0 Å². The number of halogens is 1. The van der Waals surface area contributed by atoms with Gasteiger partial charge in [0.15, 0.2) is 0 Å². The Morgan fingerprint density at radius 1 is 1.69 bits per heavy atom. The Bertz CT molecular complexity index is 443. The van der Waals surface area contributed by atoms with Gasteiger partial charge in [-0.1, -0.05) is 0 Å². The Kier molecular flexibility index (Phi) is 4.62. The Morgan fingerprint density at radius 2 is 2.44 bits per heavy atom. The molecule has 0 aliphatic heterocycles. The van der Waals surface area contributed by atoms with E-state index in [1.165, 1.54) is 6.08 Å². The predicted molar refractivity (Wildman–Crippen MR) is 60.6 cm³/mol. The lowest BCUT2D eigenvalue weighted by Crippen LogP contribution is -2.06. The number of hydrogen-bond donors (Lipinski definition) is 1. The van der Waals surface area contributed by atoms with Gasteiger partial charge >= 0.3 is 5.97 Å². The number of aromatic amines is 1. The van der Waals surface area contributed by atoms with Crippen molar-refractivity contribution >= 4 is 23.6 Å². The maximum Gasteiger partial charge on any atom is 0.348 e. The zero-order valence-corrected chi connectivity index (χ0v) is 9.54. The van der Waals surface area contributed by atoms with Gasteiger partial charge in [-0.15, -0.1) is 11.6 Å². The molecular weight excluding hydrogens is 228 g/mol. The number of nitriles is 1. The minimum absolute atomic E-state index is 0.0372. The molecule has 1 rings (SSSR count). The molecule has 0 saturated heterocycles. The van der Waals surface area contributed by atoms with Crippen molar-refractivity contribution in [1.29, 1.82) is 5.26 Å². The molecule has 5 heteroatoms. The smallest absolute Gasteiger partial charge is 0.348 e. The fourth-order valence-corrected chi connectivity index (χ4v) is 1.28. The van der Waals surface area contributed by atoms with Crippen LogP contribution in [-0.2, 0) is 15.4 Å². The van der Waals surface area contributed by atoms with E-state index < -0.39 is 5.97 Å². The minimum atomic E-state index is -0.618. The zero-order valence-electron chi connectivity index (χ0n) is 8.79. The highest BCUT2D eigenvalue weighted by Crippen LogP contribution is 2.09. The number of hydrogen-bond acceptors (Lipinski definition) is 3. The summed E-state index contributed by atoms with van der Waals surface area (Å²) < 4.78 is 4.73. The van der Waals surface area contributed by atoms with Crippen LogP contribution in [0.4, 0.5) is 0 Å². The number of carbonyl (C=O) groups is 1. The molecule has 0 radical (unpaired) electrons. The highest BCUT2D eigenvalue weighted by molar-refractivity contribution is 6.16. The van der Waals surface area contributed by atoms with Crippen LogP contribution in [0.1, 0.15) is 18.3 Å². The molecular formula is C11H11ClN2O2. The molecule has 1 heterocycles. The van der Waals surface area contributed by atoms with Crippen LogP contribution in [0.25, 0.3) is 6.08 Å². The van der Waals surface area contributed by atoms with E-state index >= 15 is 0 Å². The quantitative estimate of drug-likeness (QED) is 0.379. The topological polar surface area (TPSA) is 65.9 Å². The average molecular weight is 239 g/mol. The van der Waals surface area contributed by atoms with E-state index in [-0.39, 0.29) is 12.2 Å². The summed E-state index contributed by atoms with van der Waals surface area (Å²) in [5, 5.41) is 8.79. The van der Waals surface area contributed by atoms with E-state index in [0.29, 0.717) is 11.6 Å². The van der Waals surface area contributed by atoms with Gasteiger partial charge in [-0.05, 0) is 25.1 Å². The summed E-state index contributed by atoms with van der Waals surface area (Å²) in [5.74, 6) is -0.262. The van der Waals surface area contributed by atoms with Crippen LogP contribution < -0.4 is 0 Å². The molecule has 0 spiro atoms. The second-order valence-corrected chi connectivity index (χ2v) is 3.23. The first-order chi connectivity index (χ1) is 7.71. The summed E-state index contributed by atoms with van der Waals surface area (Å²) in [6.45, 7) is 1.93. The van der Waals surface area contributed by atoms with Gasteiger partial charge in [0.2, 0.25) is 0 Å². The van der Waals surface area contributed by atoms with Crippen LogP contribution in [0.5, 0.6) is 0 Å². The largest absolute Gasteiger partial charge is 0.462 e. The first kappa shape index (κ1) is 12.3. The summed E-state index contributed by atoms with van der Waals surface area (Å²) in [7, 11) is 0. The monoisotopic (exact) mass is 238 g/mol. The van der Waals surface area contributed by atoms with Crippen LogP contribution in [0.3, 0.4) is 0 Å². The number of carbonyl (C=O) groups excluding carboxylic acids is 1. The lowest BCUT2D eigenvalue weighted by atomic mass is 10.2. The molecule has 0 aliphatic rings. The van der Waals surface area contributed by atoms with Crippen molar-refractivity contribution in [3.63, 3.8) is 0 Å². The van der Waals surface area contributed by atoms with Gasteiger partial charge in [0.1, 0.15) is 11.6 Å². The number of rotatable bonds is 4. The highest BCUT2D eigenvalue weighted by atomic mass is 35.5. The van der Waals surface area contributed by atoms with Crippen molar-refractivity contribution in [3.8, 4) is 6.07 Å². The minimum Gasteiger partial charge on any atom is -0.462 e. The number of H-pyrrole nitrogens is 1. The van der Waals surface area contributed by atoms with E-state index in [0.717, 1.165) is 5.69 Å².